The molecule has 114 valence electrons. The molecule has 0 heterocycles. The van der Waals surface area contributed by atoms with Crippen molar-refractivity contribution in [3.8, 4) is 0 Å². The third-order valence-corrected chi connectivity index (χ3v) is 6.62. The van der Waals surface area contributed by atoms with Crippen LogP contribution in [0.25, 0.3) is 0 Å². The first-order chi connectivity index (χ1) is 10.3. The van der Waals surface area contributed by atoms with Crippen molar-refractivity contribution in [3.05, 3.63) is 35.9 Å². The quantitative estimate of drug-likeness (QED) is 0.841. The summed E-state index contributed by atoms with van der Waals surface area (Å²) in [6, 6.07) is 10.9. The molecule has 5 rings (SSSR count). The van der Waals surface area contributed by atoms with E-state index in [-0.39, 0.29) is 0 Å². The number of rotatable bonds is 5. The van der Waals surface area contributed by atoms with Gasteiger partial charge in [0.15, 0.2) is 0 Å². The van der Waals surface area contributed by atoms with Crippen molar-refractivity contribution in [3.63, 3.8) is 0 Å². The minimum atomic E-state index is 0.628. The molecule has 4 aliphatic carbocycles. The fourth-order valence-corrected chi connectivity index (χ4v) is 5.74. The SMILES string of the molecule is CC(CNCC1C2CC3CC(C2)CC1C3)c1ccccc1. The van der Waals surface area contributed by atoms with Gasteiger partial charge in [-0.1, -0.05) is 37.3 Å². The Morgan fingerprint density at radius 2 is 1.57 bits per heavy atom. The molecule has 1 heteroatoms. The lowest BCUT2D eigenvalue weighted by atomic mass is 9.52. The zero-order chi connectivity index (χ0) is 14.2. The van der Waals surface area contributed by atoms with Gasteiger partial charge >= 0.3 is 0 Å². The van der Waals surface area contributed by atoms with E-state index >= 15 is 0 Å². The highest BCUT2D eigenvalue weighted by Gasteiger charge is 2.47. The molecule has 0 saturated heterocycles. The van der Waals surface area contributed by atoms with E-state index in [0.29, 0.717) is 5.92 Å². The summed E-state index contributed by atoms with van der Waals surface area (Å²) in [6.45, 7) is 4.75. The normalized spacial score (nSPS) is 38.6. The van der Waals surface area contributed by atoms with Gasteiger partial charge in [0.25, 0.3) is 0 Å². The maximum atomic E-state index is 3.81. The topological polar surface area (TPSA) is 12.0 Å². The molecule has 4 saturated carbocycles. The van der Waals surface area contributed by atoms with Gasteiger partial charge in [0.2, 0.25) is 0 Å². The van der Waals surface area contributed by atoms with Crippen LogP contribution < -0.4 is 5.32 Å². The van der Waals surface area contributed by atoms with Gasteiger partial charge in [-0.3, -0.25) is 0 Å². The van der Waals surface area contributed by atoms with Gasteiger partial charge < -0.3 is 5.32 Å². The summed E-state index contributed by atoms with van der Waals surface area (Å²) in [5.41, 5.74) is 1.47. The molecule has 0 radical (unpaired) electrons. The molecular formula is C20H29N. The van der Waals surface area contributed by atoms with E-state index < -0.39 is 0 Å². The van der Waals surface area contributed by atoms with Gasteiger partial charge in [-0.25, -0.2) is 0 Å². The fraction of sp³-hybridized carbons (Fsp3) is 0.700. The van der Waals surface area contributed by atoms with Gasteiger partial charge in [0, 0.05) is 6.54 Å². The van der Waals surface area contributed by atoms with E-state index in [0.717, 1.165) is 36.1 Å². The third-order valence-electron chi connectivity index (χ3n) is 6.62. The summed E-state index contributed by atoms with van der Waals surface area (Å²) in [5.74, 6) is 5.93. The first-order valence-corrected chi connectivity index (χ1v) is 9.05. The van der Waals surface area contributed by atoms with E-state index in [9.17, 15) is 0 Å². The van der Waals surface area contributed by atoms with Crippen LogP contribution in [-0.4, -0.2) is 13.1 Å². The second-order valence-electron chi connectivity index (χ2n) is 8.06. The molecule has 0 spiro atoms. The first-order valence-electron chi connectivity index (χ1n) is 9.05. The van der Waals surface area contributed by atoms with E-state index in [1.54, 1.807) is 32.1 Å². The largest absolute Gasteiger partial charge is 0.316 e. The van der Waals surface area contributed by atoms with Crippen LogP contribution in [-0.2, 0) is 0 Å². The number of hydrogen-bond acceptors (Lipinski definition) is 1. The summed E-state index contributed by atoms with van der Waals surface area (Å²) < 4.78 is 0. The Kier molecular flexibility index (Phi) is 3.79. The number of nitrogens with one attached hydrogen (secondary N) is 1. The highest BCUT2D eigenvalue weighted by atomic mass is 14.9. The van der Waals surface area contributed by atoms with E-state index in [1.807, 2.05) is 0 Å². The van der Waals surface area contributed by atoms with Crippen LogP contribution >= 0.6 is 0 Å². The maximum Gasteiger partial charge on any atom is 0.00176 e. The Morgan fingerprint density at radius 1 is 0.952 bits per heavy atom. The van der Waals surface area contributed by atoms with Crippen molar-refractivity contribution in [1.82, 2.24) is 5.32 Å². The van der Waals surface area contributed by atoms with Crippen LogP contribution in [0.5, 0.6) is 0 Å². The molecule has 1 nitrogen and oxygen atoms in total. The van der Waals surface area contributed by atoms with E-state index in [1.165, 1.54) is 12.1 Å². The van der Waals surface area contributed by atoms with Crippen LogP contribution in [0.15, 0.2) is 30.3 Å². The van der Waals surface area contributed by atoms with E-state index in [2.05, 4.69) is 42.6 Å². The lowest BCUT2D eigenvalue weighted by molar-refractivity contribution is -0.0354. The lowest BCUT2D eigenvalue weighted by Crippen LogP contribution is -2.48. The molecule has 1 atom stereocenters. The molecule has 4 aliphatic rings. The van der Waals surface area contributed by atoms with Crippen molar-refractivity contribution < 1.29 is 0 Å². The Labute approximate surface area is 129 Å². The van der Waals surface area contributed by atoms with Gasteiger partial charge in [-0.05, 0) is 79.7 Å². The zero-order valence-corrected chi connectivity index (χ0v) is 13.3. The number of hydrogen-bond donors (Lipinski definition) is 1. The Bertz CT molecular complexity index is 438. The molecule has 4 fully saturated rings. The average Bonchev–Trinajstić information content (AvgIpc) is 2.50. The van der Waals surface area contributed by atoms with Crippen LogP contribution in [0.4, 0.5) is 0 Å². The van der Waals surface area contributed by atoms with Gasteiger partial charge in [0.05, 0.1) is 0 Å². The smallest absolute Gasteiger partial charge is 0.00176 e. The van der Waals surface area contributed by atoms with Crippen molar-refractivity contribution in [2.45, 2.75) is 44.9 Å². The zero-order valence-electron chi connectivity index (χ0n) is 13.3. The molecule has 1 aromatic rings. The molecule has 1 N–H and O–H groups in total. The van der Waals surface area contributed by atoms with Crippen LogP contribution in [0.2, 0.25) is 0 Å². The molecule has 0 aromatic heterocycles. The van der Waals surface area contributed by atoms with Gasteiger partial charge in [0.1, 0.15) is 0 Å². The van der Waals surface area contributed by atoms with Gasteiger partial charge in [-0.2, -0.15) is 0 Å². The van der Waals surface area contributed by atoms with Crippen LogP contribution in [0.3, 0.4) is 0 Å². The lowest BCUT2D eigenvalue weighted by Gasteiger charge is -2.54. The van der Waals surface area contributed by atoms with Crippen molar-refractivity contribution in [2.24, 2.45) is 29.6 Å². The Morgan fingerprint density at radius 3 is 2.19 bits per heavy atom. The minimum Gasteiger partial charge on any atom is -0.316 e. The molecule has 1 aromatic carbocycles. The standard InChI is InChI=1S/C20H29N/c1-14(17-5-3-2-4-6-17)12-21-13-20-18-8-15-7-16(10-18)11-19(20)9-15/h2-6,14-16,18-21H,7-13H2,1H3. The monoisotopic (exact) mass is 283 g/mol. The summed E-state index contributed by atoms with van der Waals surface area (Å²) in [5, 5.41) is 3.81. The Balaban J connectivity index is 1.29. The second kappa shape index (κ2) is 5.76. The average molecular weight is 283 g/mol. The second-order valence-corrected chi connectivity index (χ2v) is 8.06. The predicted molar refractivity (Wildman–Crippen MR) is 88.3 cm³/mol. The fourth-order valence-electron chi connectivity index (χ4n) is 5.74. The molecule has 0 amide bonds. The third kappa shape index (κ3) is 2.77. The van der Waals surface area contributed by atoms with Crippen molar-refractivity contribution >= 4 is 0 Å². The molecule has 0 aliphatic heterocycles. The summed E-state index contributed by atoms with van der Waals surface area (Å²) >= 11 is 0. The molecule has 4 bridgehead atoms. The van der Waals surface area contributed by atoms with Gasteiger partial charge in [-0.15, -0.1) is 0 Å². The van der Waals surface area contributed by atoms with Crippen LogP contribution in [0.1, 0.15) is 50.5 Å². The highest BCUT2D eigenvalue weighted by molar-refractivity contribution is 5.19. The van der Waals surface area contributed by atoms with Crippen molar-refractivity contribution in [2.75, 3.05) is 13.1 Å². The van der Waals surface area contributed by atoms with Crippen molar-refractivity contribution in [1.29, 1.82) is 0 Å². The molecular weight excluding hydrogens is 254 g/mol. The molecule has 21 heavy (non-hydrogen) atoms. The summed E-state index contributed by atoms with van der Waals surface area (Å²) in [6.07, 6.45) is 7.76. The molecule has 1 unspecified atom stereocenters. The summed E-state index contributed by atoms with van der Waals surface area (Å²) in [4.78, 5) is 0. The van der Waals surface area contributed by atoms with Crippen LogP contribution in [0, 0.1) is 29.6 Å². The van der Waals surface area contributed by atoms with E-state index in [4.69, 9.17) is 0 Å². The minimum absolute atomic E-state index is 0.628. The first kappa shape index (κ1) is 13.8. The number of benzene rings is 1. The predicted octanol–water partition coefficient (Wildman–Crippen LogP) is 4.45. The summed E-state index contributed by atoms with van der Waals surface area (Å²) in [7, 11) is 0. The maximum absolute atomic E-state index is 3.81. The highest BCUT2D eigenvalue weighted by Crippen LogP contribution is 2.56. The Hall–Kier alpha value is -0.820.